The first-order valence-electron chi connectivity index (χ1n) is 7.15. The second-order valence-corrected chi connectivity index (χ2v) is 8.20. The fourth-order valence-electron chi connectivity index (χ4n) is 2.47. The second-order valence-electron chi connectivity index (χ2n) is 6.24. The number of imidazole rings is 1. The standard InChI is InChI=1S/C15H16ClN3O4S/c1-15(2)7-11(20)10-6-9(4-5-12(10)23-15)18-24(21,22)13-8-19(3)14(16)17-13/h4-6,8,18H,7H2,1-3H3. The van der Waals surface area contributed by atoms with Crippen LogP contribution >= 0.6 is 11.6 Å². The molecular weight excluding hydrogens is 354 g/mol. The van der Waals surface area contributed by atoms with Gasteiger partial charge in [-0.05, 0) is 43.6 Å². The number of aryl methyl sites for hydroxylation is 1. The number of ketones is 1. The van der Waals surface area contributed by atoms with Gasteiger partial charge in [-0.25, -0.2) is 4.98 Å². The number of carbonyl (C=O) groups excluding carboxylic acids is 1. The third kappa shape index (κ3) is 3.11. The smallest absolute Gasteiger partial charge is 0.280 e. The zero-order valence-electron chi connectivity index (χ0n) is 13.3. The summed E-state index contributed by atoms with van der Waals surface area (Å²) in [4.78, 5) is 16.0. The van der Waals surface area contributed by atoms with Gasteiger partial charge in [0.05, 0.1) is 12.0 Å². The van der Waals surface area contributed by atoms with Crippen molar-refractivity contribution in [2.75, 3.05) is 4.72 Å². The molecule has 128 valence electrons. The van der Waals surface area contributed by atoms with Gasteiger partial charge in [-0.1, -0.05) is 0 Å². The van der Waals surface area contributed by atoms with Crippen LogP contribution in [-0.4, -0.2) is 29.4 Å². The van der Waals surface area contributed by atoms with Gasteiger partial charge in [-0.3, -0.25) is 9.52 Å². The highest BCUT2D eigenvalue weighted by Crippen LogP contribution is 2.34. The van der Waals surface area contributed by atoms with Crippen LogP contribution in [0.5, 0.6) is 5.75 Å². The largest absolute Gasteiger partial charge is 0.487 e. The summed E-state index contributed by atoms with van der Waals surface area (Å²) in [5.41, 5.74) is 0.0382. The van der Waals surface area contributed by atoms with E-state index in [0.717, 1.165) is 0 Å². The first-order chi connectivity index (χ1) is 11.1. The minimum Gasteiger partial charge on any atom is -0.487 e. The molecule has 0 saturated carbocycles. The molecule has 0 aliphatic carbocycles. The molecule has 9 heteroatoms. The molecule has 1 N–H and O–H groups in total. The molecule has 0 unspecified atom stereocenters. The molecule has 0 spiro atoms. The third-order valence-electron chi connectivity index (χ3n) is 3.58. The topological polar surface area (TPSA) is 90.3 Å². The molecular formula is C15H16ClN3O4S. The van der Waals surface area contributed by atoms with Crippen LogP contribution < -0.4 is 9.46 Å². The quantitative estimate of drug-likeness (QED) is 0.898. The molecule has 0 atom stereocenters. The Bertz CT molecular complexity index is 915. The zero-order chi connectivity index (χ0) is 17.7. The third-order valence-corrected chi connectivity index (χ3v) is 5.18. The molecule has 1 aromatic carbocycles. The summed E-state index contributed by atoms with van der Waals surface area (Å²) in [6, 6.07) is 4.59. The van der Waals surface area contributed by atoms with Crippen LogP contribution in [0.25, 0.3) is 0 Å². The molecule has 0 radical (unpaired) electrons. The summed E-state index contributed by atoms with van der Waals surface area (Å²) in [5.74, 6) is 0.350. The van der Waals surface area contributed by atoms with Crippen molar-refractivity contribution >= 4 is 33.1 Å². The van der Waals surface area contributed by atoms with E-state index in [1.54, 1.807) is 13.1 Å². The number of hydrogen-bond acceptors (Lipinski definition) is 5. The van der Waals surface area contributed by atoms with Crippen LogP contribution in [0, 0.1) is 0 Å². The van der Waals surface area contributed by atoms with Gasteiger partial charge in [0.2, 0.25) is 5.28 Å². The van der Waals surface area contributed by atoms with Crippen LogP contribution in [-0.2, 0) is 17.1 Å². The molecule has 2 heterocycles. The fraction of sp³-hybridized carbons (Fsp3) is 0.333. The van der Waals surface area contributed by atoms with Crippen molar-refractivity contribution in [3.63, 3.8) is 0 Å². The Hall–Kier alpha value is -2.06. The van der Waals surface area contributed by atoms with E-state index in [4.69, 9.17) is 16.3 Å². The predicted octanol–water partition coefficient (Wildman–Crippen LogP) is 2.62. The number of sulfonamides is 1. The van der Waals surface area contributed by atoms with Gasteiger partial charge in [0.15, 0.2) is 10.8 Å². The monoisotopic (exact) mass is 369 g/mol. The lowest BCUT2D eigenvalue weighted by Gasteiger charge is -2.31. The number of benzene rings is 1. The average Bonchev–Trinajstić information content (AvgIpc) is 2.79. The summed E-state index contributed by atoms with van der Waals surface area (Å²) >= 11 is 5.78. The molecule has 0 fully saturated rings. The van der Waals surface area contributed by atoms with E-state index in [9.17, 15) is 13.2 Å². The number of carbonyl (C=O) groups is 1. The Balaban J connectivity index is 1.92. The van der Waals surface area contributed by atoms with E-state index < -0.39 is 15.6 Å². The SMILES string of the molecule is Cn1cc(S(=O)(=O)Nc2ccc3c(c2)C(=O)CC(C)(C)O3)nc1Cl. The minimum atomic E-state index is -3.90. The van der Waals surface area contributed by atoms with Crippen molar-refractivity contribution in [1.82, 2.24) is 9.55 Å². The fourth-order valence-corrected chi connectivity index (χ4v) is 3.71. The molecule has 0 bridgehead atoms. The summed E-state index contributed by atoms with van der Waals surface area (Å²) in [7, 11) is -2.31. The Morgan fingerprint density at radius 1 is 1.38 bits per heavy atom. The highest BCUT2D eigenvalue weighted by molar-refractivity contribution is 7.92. The zero-order valence-corrected chi connectivity index (χ0v) is 14.9. The number of aromatic nitrogens is 2. The van der Waals surface area contributed by atoms with Gasteiger partial charge in [0.1, 0.15) is 11.4 Å². The van der Waals surface area contributed by atoms with Crippen LogP contribution in [0.1, 0.15) is 30.6 Å². The predicted molar refractivity (Wildman–Crippen MR) is 89.1 cm³/mol. The van der Waals surface area contributed by atoms with Crippen LogP contribution in [0.15, 0.2) is 29.4 Å². The van der Waals surface area contributed by atoms with E-state index >= 15 is 0 Å². The van der Waals surface area contributed by atoms with Gasteiger partial charge >= 0.3 is 0 Å². The van der Waals surface area contributed by atoms with E-state index in [2.05, 4.69) is 9.71 Å². The number of fused-ring (bicyclic) bond motifs is 1. The molecule has 0 saturated heterocycles. The van der Waals surface area contributed by atoms with Crippen molar-refractivity contribution in [2.45, 2.75) is 30.9 Å². The molecule has 3 rings (SSSR count). The molecule has 0 amide bonds. The molecule has 1 aliphatic rings. The Morgan fingerprint density at radius 2 is 2.08 bits per heavy atom. The summed E-state index contributed by atoms with van der Waals surface area (Å²) < 4.78 is 34.3. The van der Waals surface area contributed by atoms with Crippen molar-refractivity contribution < 1.29 is 17.9 Å². The number of hydrogen-bond donors (Lipinski definition) is 1. The minimum absolute atomic E-state index is 0.0617. The molecule has 1 aliphatic heterocycles. The van der Waals surface area contributed by atoms with Gasteiger partial charge in [-0.2, -0.15) is 8.42 Å². The highest BCUT2D eigenvalue weighted by Gasteiger charge is 2.32. The number of rotatable bonds is 3. The lowest BCUT2D eigenvalue weighted by atomic mass is 9.93. The number of nitrogens with zero attached hydrogens (tertiary/aromatic N) is 2. The maximum Gasteiger partial charge on any atom is 0.280 e. The molecule has 24 heavy (non-hydrogen) atoms. The van der Waals surface area contributed by atoms with Crippen LogP contribution in [0.2, 0.25) is 5.28 Å². The number of ether oxygens (including phenoxy) is 1. The molecule has 2 aromatic rings. The Kier molecular flexibility index (Phi) is 3.84. The van der Waals surface area contributed by atoms with Crippen molar-refractivity contribution in [3.8, 4) is 5.75 Å². The molecule has 1 aromatic heterocycles. The summed E-state index contributed by atoms with van der Waals surface area (Å²) in [6.45, 7) is 3.66. The van der Waals surface area contributed by atoms with E-state index in [1.165, 1.54) is 22.9 Å². The maximum atomic E-state index is 12.4. The highest BCUT2D eigenvalue weighted by atomic mass is 35.5. The van der Waals surface area contributed by atoms with Gasteiger partial charge in [-0.15, -0.1) is 0 Å². The molecule has 7 nitrogen and oxygen atoms in total. The number of anilines is 1. The van der Waals surface area contributed by atoms with E-state index in [1.807, 2.05) is 13.8 Å². The summed E-state index contributed by atoms with van der Waals surface area (Å²) in [6.07, 6.45) is 1.53. The van der Waals surface area contributed by atoms with E-state index in [-0.39, 0.29) is 28.2 Å². The first kappa shape index (κ1) is 16.8. The number of Topliss-reactive ketones (excluding diaryl/α,β-unsaturated/α-hetero) is 1. The summed E-state index contributed by atoms with van der Waals surface area (Å²) in [5, 5.41) is -0.136. The van der Waals surface area contributed by atoms with E-state index in [0.29, 0.717) is 11.3 Å². The van der Waals surface area contributed by atoms with Crippen LogP contribution in [0.3, 0.4) is 0 Å². The lowest BCUT2D eigenvalue weighted by Crippen LogP contribution is -2.35. The lowest BCUT2D eigenvalue weighted by molar-refractivity contribution is 0.0620. The average molecular weight is 370 g/mol. The number of nitrogens with one attached hydrogen (secondary N) is 1. The first-order valence-corrected chi connectivity index (χ1v) is 9.01. The van der Waals surface area contributed by atoms with Crippen LogP contribution in [0.4, 0.5) is 5.69 Å². The second kappa shape index (κ2) is 5.49. The number of halogens is 1. The maximum absolute atomic E-state index is 12.4. The Labute approximate surface area is 144 Å². The van der Waals surface area contributed by atoms with Gasteiger partial charge in [0.25, 0.3) is 10.0 Å². The van der Waals surface area contributed by atoms with Gasteiger partial charge in [0, 0.05) is 18.9 Å². The van der Waals surface area contributed by atoms with Crippen molar-refractivity contribution in [2.24, 2.45) is 7.05 Å². The van der Waals surface area contributed by atoms with Crippen molar-refractivity contribution in [1.29, 1.82) is 0 Å². The Morgan fingerprint density at radius 3 is 2.71 bits per heavy atom. The van der Waals surface area contributed by atoms with Gasteiger partial charge < -0.3 is 9.30 Å². The van der Waals surface area contributed by atoms with Crippen molar-refractivity contribution in [3.05, 3.63) is 35.2 Å². The normalized spacial score (nSPS) is 16.4.